The third-order valence-corrected chi connectivity index (χ3v) is 3.51. The molecule has 0 heterocycles. The van der Waals surface area contributed by atoms with Crippen molar-refractivity contribution >= 4 is 24.1 Å². The molecule has 0 radical (unpaired) electrons. The Bertz CT molecular complexity index is 462. The number of hydrogen-bond donors (Lipinski definition) is 2. The molecule has 1 aromatic rings. The number of carboxylic acids is 1. The summed E-state index contributed by atoms with van der Waals surface area (Å²) < 4.78 is 37.0. The van der Waals surface area contributed by atoms with Gasteiger partial charge in [0, 0.05) is 11.5 Å². The number of nitrogens with one attached hydrogen (secondary N) is 1. The highest BCUT2D eigenvalue weighted by atomic mass is 32.2. The van der Waals surface area contributed by atoms with Gasteiger partial charge in [0.2, 0.25) is 6.41 Å². The first-order valence-electron chi connectivity index (χ1n) is 5.51. The summed E-state index contributed by atoms with van der Waals surface area (Å²) in [4.78, 5) is 20.9. The maximum atomic E-state index is 12.3. The van der Waals surface area contributed by atoms with Crippen LogP contribution in [-0.2, 0) is 21.5 Å². The Kier molecular flexibility index (Phi) is 5.87. The Balaban J connectivity index is 2.50. The Morgan fingerprint density at radius 2 is 1.95 bits per heavy atom. The summed E-state index contributed by atoms with van der Waals surface area (Å²) in [5.41, 5.74) is -0.0736. The number of thioether (sulfide) groups is 1. The highest BCUT2D eigenvalue weighted by molar-refractivity contribution is 7.98. The van der Waals surface area contributed by atoms with Gasteiger partial charge in [-0.3, -0.25) is 4.79 Å². The van der Waals surface area contributed by atoms with Crippen molar-refractivity contribution in [2.45, 2.75) is 18.0 Å². The number of carbonyl (C=O) groups is 2. The number of benzene rings is 1. The molecule has 1 rings (SSSR count). The van der Waals surface area contributed by atoms with E-state index in [0.29, 0.717) is 17.7 Å². The fourth-order valence-electron chi connectivity index (χ4n) is 1.36. The summed E-state index contributed by atoms with van der Waals surface area (Å²) in [5.74, 6) is -0.658. The maximum Gasteiger partial charge on any atom is 0.416 e. The zero-order chi connectivity index (χ0) is 15.2. The molecule has 110 valence electrons. The van der Waals surface area contributed by atoms with Crippen molar-refractivity contribution < 1.29 is 27.9 Å². The first-order valence-corrected chi connectivity index (χ1v) is 6.66. The molecule has 0 aliphatic rings. The average molecular weight is 307 g/mol. The van der Waals surface area contributed by atoms with Crippen molar-refractivity contribution in [3.05, 3.63) is 35.4 Å². The number of hydrogen-bond acceptors (Lipinski definition) is 3. The van der Waals surface area contributed by atoms with Crippen molar-refractivity contribution in [1.29, 1.82) is 0 Å². The average Bonchev–Trinajstić information content (AvgIpc) is 2.37. The molecule has 0 aliphatic carbocycles. The van der Waals surface area contributed by atoms with Crippen LogP contribution >= 0.6 is 11.8 Å². The summed E-state index contributed by atoms with van der Waals surface area (Å²) in [6.07, 6.45) is -4.06. The molecule has 1 amide bonds. The Labute approximate surface area is 117 Å². The predicted molar refractivity (Wildman–Crippen MR) is 68.2 cm³/mol. The zero-order valence-electron chi connectivity index (χ0n) is 10.2. The first-order chi connectivity index (χ1) is 9.34. The Morgan fingerprint density at radius 3 is 2.40 bits per heavy atom. The number of alkyl halides is 3. The summed E-state index contributed by atoms with van der Waals surface area (Å²) in [5, 5.41) is 10.9. The summed E-state index contributed by atoms with van der Waals surface area (Å²) >= 11 is 1.21. The minimum atomic E-state index is -4.37. The fourth-order valence-corrected chi connectivity index (χ4v) is 2.38. The van der Waals surface area contributed by atoms with E-state index in [4.69, 9.17) is 5.11 Å². The summed E-state index contributed by atoms with van der Waals surface area (Å²) in [7, 11) is 0. The number of rotatable bonds is 7. The molecule has 1 aromatic carbocycles. The van der Waals surface area contributed by atoms with Crippen molar-refractivity contribution in [3.8, 4) is 0 Å². The van der Waals surface area contributed by atoms with E-state index in [-0.39, 0.29) is 5.75 Å². The Hall–Kier alpha value is -1.70. The molecule has 1 atom stereocenters. The second-order valence-corrected chi connectivity index (χ2v) is 4.92. The maximum absolute atomic E-state index is 12.3. The molecule has 0 fully saturated rings. The van der Waals surface area contributed by atoms with Gasteiger partial charge in [0.15, 0.2) is 0 Å². The van der Waals surface area contributed by atoms with Crippen LogP contribution < -0.4 is 5.32 Å². The number of carbonyl (C=O) groups excluding carboxylic acids is 1. The second kappa shape index (κ2) is 7.18. The molecule has 0 spiro atoms. The highest BCUT2D eigenvalue weighted by Gasteiger charge is 2.29. The van der Waals surface area contributed by atoms with Crippen LogP contribution in [0.15, 0.2) is 24.3 Å². The van der Waals surface area contributed by atoms with Gasteiger partial charge in [-0.2, -0.15) is 24.9 Å². The van der Waals surface area contributed by atoms with Gasteiger partial charge in [0.1, 0.15) is 6.04 Å². The number of carboxylic acid groups (broad SMARTS) is 1. The molecular formula is C12H12F3NO3S. The van der Waals surface area contributed by atoms with Crippen LogP contribution in [-0.4, -0.2) is 29.3 Å². The van der Waals surface area contributed by atoms with Crippen molar-refractivity contribution in [3.63, 3.8) is 0 Å². The molecule has 8 heteroatoms. The lowest BCUT2D eigenvalue weighted by atomic mass is 10.1. The van der Waals surface area contributed by atoms with Gasteiger partial charge >= 0.3 is 12.1 Å². The molecule has 20 heavy (non-hydrogen) atoms. The molecule has 0 saturated carbocycles. The molecule has 2 N–H and O–H groups in total. The van der Waals surface area contributed by atoms with E-state index in [9.17, 15) is 22.8 Å². The van der Waals surface area contributed by atoms with Crippen molar-refractivity contribution in [1.82, 2.24) is 5.32 Å². The van der Waals surface area contributed by atoms with Crippen LogP contribution in [0.5, 0.6) is 0 Å². The minimum Gasteiger partial charge on any atom is -0.480 e. The van der Waals surface area contributed by atoms with Crippen LogP contribution in [0.1, 0.15) is 11.1 Å². The van der Waals surface area contributed by atoms with Gasteiger partial charge in [-0.05, 0) is 17.7 Å². The highest BCUT2D eigenvalue weighted by Crippen LogP contribution is 2.29. The van der Waals surface area contributed by atoms with Gasteiger partial charge in [0.25, 0.3) is 0 Å². The third kappa shape index (κ3) is 5.12. The largest absolute Gasteiger partial charge is 0.480 e. The summed E-state index contributed by atoms with van der Waals surface area (Å²) in [6, 6.07) is 3.65. The van der Waals surface area contributed by atoms with Gasteiger partial charge in [0.05, 0.1) is 5.56 Å². The topological polar surface area (TPSA) is 66.4 Å². The molecule has 0 saturated heterocycles. The smallest absolute Gasteiger partial charge is 0.416 e. The van der Waals surface area contributed by atoms with E-state index in [1.54, 1.807) is 0 Å². The molecule has 1 unspecified atom stereocenters. The molecule has 0 aromatic heterocycles. The van der Waals surface area contributed by atoms with Crippen LogP contribution in [0.4, 0.5) is 13.2 Å². The van der Waals surface area contributed by atoms with Crippen molar-refractivity contribution in [2.24, 2.45) is 0 Å². The number of amides is 1. The quantitative estimate of drug-likeness (QED) is 0.757. The third-order valence-electron chi connectivity index (χ3n) is 2.40. The van der Waals surface area contributed by atoms with Crippen LogP contribution in [0.25, 0.3) is 0 Å². The van der Waals surface area contributed by atoms with Gasteiger partial charge in [-0.1, -0.05) is 12.1 Å². The van der Waals surface area contributed by atoms with Gasteiger partial charge < -0.3 is 10.4 Å². The zero-order valence-corrected chi connectivity index (χ0v) is 11.0. The van der Waals surface area contributed by atoms with Gasteiger partial charge in [-0.15, -0.1) is 0 Å². The lowest BCUT2D eigenvalue weighted by Gasteiger charge is -2.11. The SMILES string of the molecule is O=CNC(CSCc1ccc(C(F)(F)F)cc1)C(=O)O. The van der Waals surface area contributed by atoms with E-state index in [1.165, 1.54) is 23.9 Å². The fraction of sp³-hybridized carbons (Fsp3) is 0.333. The van der Waals surface area contributed by atoms with E-state index < -0.39 is 23.8 Å². The number of aliphatic carboxylic acids is 1. The normalized spacial score (nSPS) is 12.8. The molecule has 0 bridgehead atoms. The van der Waals surface area contributed by atoms with E-state index in [0.717, 1.165) is 12.1 Å². The molecule has 0 aliphatic heterocycles. The predicted octanol–water partition coefficient (Wildman–Crippen LogP) is 2.14. The second-order valence-electron chi connectivity index (χ2n) is 3.89. The summed E-state index contributed by atoms with van der Waals surface area (Å²) in [6.45, 7) is 0. The first kappa shape index (κ1) is 16.4. The lowest BCUT2D eigenvalue weighted by molar-refractivity contribution is -0.140. The minimum absolute atomic E-state index is 0.134. The number of halogens is 3. The van der Waals surface area contributed by atoms with Crippen molar-refractivity contribution in [2.75, 3.05) is 5.75 Å². The monoisotopic (exact) mass is 307 g/mol. The van der Waals surface area contributed by atoms with E-state index >= 15 is 0 Å². The van der Waals surface area contributed by atoms with E-state index in [2.05, 4.69) is 5.32 Å². The standard InChI is InChI=1S/C12H12F3NO3S/c13-12(14,15)9-3-1-8(2-4-9)5-20-6-10(11(18)19)16-7-17/h1-4,7,10H,5-6H2,(H,16,17)(H,18,19). The van der Waals surface area contributed by atoms with E-state index in [1.807, 2.05) is 0 Å². The molecule has 4 nitrogen and oxygen atoms in total. The Morgan fingerprint density at radius 1 is 1.35 bits per heavy atom. The molecular weight excluding hydrogens is 295 g/mol. The van der Waals surface area contributed by atoms with Crippen LogP contribution in [0, 0.1) is 0 Å². The lowest BCUT2D eigenvalue weighted by Crippen LogP contribution is -2.37. The van der Waals surface area contributed by atoms with Crippen LogP contribution in [0.2, 0.25) is 0 Å². The van der Waals surface area contributed by atoms with Gasteiger partial charge in [-0.25, -0.2) is 4.79 Å². The van der Waals surface area contributed by atoms with Crippen LogP contribution in [0.3, 0.4) is 0 Å².